The number of hydrogen-bond acceptors (Lipinski definition) is 4. The maximum atomic E-state index is 5.93. The Balaban J connectivity index is 2.04. The molecule has 0 bridgehead atoms. The Bertz CT molecular complexity index is 495. The molecule has 1 aromatic rings. The maximum Gasteiger partial charge on any atom is 0.162 e. The molecule has 0 radical (unpaired) electrons. The summed E-state index contributed by atoms with van der Waals surface area (Å²) in [5, 5.41) is 3.30. The van der Waals surface area contributed by atoms with Gasteiger partial charge >= 0.3 is 0 Å². The lowest BCUT2D eigenvalue weighted by Gasteiger charge is -2.35. The molecule has 2 aliphatic rings. The molecular formula is C17H27N3O. The number of hydrogen-bond donors (Lipinski definition) is 1. The zero-order valence-electron chi connectivity index (χ0n) is 13.4. The van der Waals surface area contributed by atoms with Crippen molar-refractivity contribution in [3.05, 3.63) is 17.1 Å². The molecule has 3 rings (SSSR count). The van der Waals surface area contributed by atoms with Crippen molar-refractivity contribution >= 4 is 5.82 Å². The Morgan fingerprint density at radius 3 is 2.38 bits per heavy atom. The first-order valence-electron chi connectivity index (χ1n) is 8.42. The fourth-order valence-electron chi connectivity index (χ4n) is 3.82. The Morgan fingerprint density at radius 1 is 0.952 bits per heavy atom. The summed E-state index contributed by atoms with van der Waals surface area (Å²) in [6, 6.07) is 0. The fourth-order valence-corrected chi connectivity index (χ4v) is 3.82. The molecule has 116 valence electrons. The van der Waals surface area contributed by atoms with E-state index in [-0.39, 0.29) is 5.60 Å². The van der Waals surface area contributed by atoms with Crippen LogP contribution in [0.15, 0.2) is 0 Å². The van der Waals surface area contributed by atoms with Crippen molar-refractivity contribution in [2.24, 2.45) is 0 Å². The fraction of sp³-hybridized carbons (Fsp3) is 0.765. The first kappa shape index (κ1) is 14.8. The first-order valence-corrected chi connectivity index (χ1v) is 8.42. The number of nitrogens with one attached hydrogen (secondary N) is 1. The van der Waals surface area contributed by atoms with Gasteiger partial charge in [0.05, 0.1) is 0 Å². The summed E-state index contributed by atoms with van der Waals surface area (Å²) < 4.78 is 5.93. The van der Waals surface area contributed by atoms with Gasteiger partial charge in [0.15, 0.2) is 5.82 Å². The third-order valence-corrected chi connectivity index (χ3v) is 5.13. The van der Waals surface area contributed by atoms with Crippen LogP contribution in [0.25, 0.3) is 0 Å². The third-order valence-electron chi connectivity index (χ3n) is 5.13. The summed E-state index contributed by atoms with van der Waals surface area (Å²) >= 11 is 0. The van der Waals surface area contributed by atoms with E-state index in [4.69, 9.17) is 14.7 Å². The third kappa shape index (κ3) is 2.78. The maximum absolute atomic E-state index is 5.93. The molecule has 21 heavy (non-hydrogen) atoms. The van der Waals surface area contributed by atoms with E-state index in [1.54, 1.807) is 0 Å². The molecule has 1 N–H and O–H groups in total. The predicted molar refractivity (Wildman–Crippen MR) is 84.6 cm³/mol. The predicted octanol–water partition coefficient (Wildman–Crippen LogP) is 3.59. The summed E-state index contributed by atoms with van der Waals surface area (Å²) in [5.41, 5.74) is 2.33. The van der Waals surface area contributed by atoms with E-state index in [2.05, 4.69) is 5.32 Å². The van der Waals surface area contributed by atoms with Gasteiger partial charge < -0.3 is 10.1 Å². The van der Waals surface area contributed by atoms with Gasteiger partial charge in [0.25, 0.3) is 0 Å². The van der Waals surface area contributed by atoms with Crippen LogP contribution in [0.3, 0.4) is 0 Å². The topological polar surface area (TPSA) is 47.0 Å². The number of fused-ring (bicyclic) bond motifs is 1. The molecule has 1 aromatic heterocycles. The van der Waals surface area contributed by atoms with Gasteiger partial charge in [-0.3, -0.25) is 0 Å². The van der Waals surface area contributed by atoms with Crippen LogP contribution < -0.4 is 5.32 Å². The first-order chi connectivity index (χ1) is 10.3. The van der Waals surface area contributed by atoms with Crippen LogP contribution in [-0.2, 0) is 23.2 Å². The monoisotopic (exact) mass is 289 g/mol. The van der Waals surface area contributed by atoms with E-state index >= 15 is 0 Å². The highest BCUT2D eigenvalue weighted by Crippen LogP contribution is 2.39. The number of ether oxygens (including phenoxy) is 1. The Kier molecular flexibility index (Phi) is 4.43. The SMILES string of the molecule is CNc1nc(C2(OC)CCCCC2)nc2c1CCCCC2. The van der Waals surface area contributed by atoms with Gasteiger partial charge in [0.2, 0.25) is 0 Å². The number of aromatic nitrogens is 2. The molecule has 1 saturated carbocycles. The van der Waals surface area contributed by atoms with Crippen LogP contribution in [0.2, 0.25) is 0 Å². The van der Waals surface area contributed by atoms with Gasteiger partial charge in [-0.2, -0.15) is 0 Å². The largest absolute Gasteiger partial charge is 0.373 e. The van der Waals surface area contributed by atoms with E-state index < -0.39 is 0 Å². The van der Waals surface area contributed by atoms with Crippen molar-refractivity contribution in [3.63, 3.8) is 0 Å². The molecule has 0 aromatic carbocycles. The number of rotatable bonds is 3. The summed E-state index contributed by atoms with van der Waals surface area (Å²) in [6.45, 7) is 0. The minimum absolute atomic E-state index is 0.259. The Labute approximate surface area is 127 Å². The minimum atomic E-state index is -0.259. The summed E-state index contributed by atoms with van der Waals surface area (Å²) in [7, 11) is 3.79. The van der Waals surface area contributed by atoms with Crippen molar-refractivity contribution in [2.75, 3.05) is 19.5 Å². The van der Waals surface area contributed by atoms with Crippen molar-refractivity contribution in [2.45, 2.75) is 69.8 Å². The van der Waals surface area contributed by atoms with Crippen LogP contribution in [0.5, 0.6) is 0 Å². The van der Waals surface area contributed by atoms with Crippen LogP contribution in [0, 0.1) is 0 Å². The van der Waals surface area contributed by atoms with E-state index in [1.807, 2.05) is 14.2 Å². The minimum Gasteiger partial charge on any atom is -0.373 e. The standard InChI is InChI=1S/C17H27N3O/c1-18-15-13-9-5-3-6-10-14(13)19-16(20-15)17(21-2)11-7-4-8-12-17/h3-12H2,1-2H3,(H,18,19,20). The molecular weight excluding hydrogens is 262 g/mol. The molecule has 0 spiro atoms. The summed E-state index contributed by atoms with van der Waals surface area (Å²) in [6.07, 6.45) is 11.8. The number of methoxy groups -OCH3 is 1. The van der Waals surface area contributed by atoms with Crippen LogP contribution in [0.4, 0.5) is 5.82 Å². The summed E-state index contributed by atoms with van der Waals surface area (Å²) in [5.74, 6) is 1.94. The van der Waals surface area contributed by atoms with Gasteiger partial charge in [0, 0.05) is 25.4 Å². The highest BCUT2D eigenvalue weighted by atomic mass is 16.5. The van der Waals surface area contributed by atoms with E-state index in [0.717, 1.165) is 37.3 Å². The number of anilines is 1. The second kappa shape index (κ2) is 6.30. The van der Waals surface area contributed by atoms with Gasteiger partial charge in [-0.15, -0.1) is 0 Å². The Hall–Kier alpha value is -1.16. The summed E-state index contributed by atoms with van der Waals surface area (Å²) in [4.78, 5) is 9.84. The van der Waals surface area contributed by atoms with Crippen LogP contribution in [0.1, 0.15) is 68.4 Å². The van der Waals surface area contributed by atoms with Crippen molar-refractivity contribution in [1.29, 1.82) is 0 Å². The normalized spacial score (nSPS) is 21.4. The van der Waals surface area contributed by atoms with Crippen LogP contribution in [-0.4, -0.2) is 24.1 Å². The molecule has 0 atom stereocenters. The van der Waals surface area contributed by atoms with Gasteiger partial charge in [0.1, 0.15) is 11.4 Å². The van der Waals surface area contributed by atoms with Gasteiger partial charge in [-0.05, 0) is 38.5 Å². The lowest BCUT2D eigenvalue weighted by atomic mass is 9.83. The molecule has 0 unspecified atom stereocenters. The molecule has 0 aliphatic heterocycles. The lowest BCUT2D eigenvalue weighted by molar-refractivity contribution is -0.0515. The van der Waals surface area contributed by atoms with Gasteiger partial charge in [-0.25, -0.2) is 9.97 Å². The highest BCUT2D eigenvalue weighted by molar-refractivity contribution is 5.47. The second-order valence-corrected chi connectivity index (χ2v) is 6.39. The molecule has 4 nitrogen and oxygen atoms in total. The van der Waals surface area contributed by atoms with Gasteiger partial charge in [-0.1, -0.05) is 25.7 Å². The average Bonchev–Trinajstić information content (AvgIpc) is 2.79. The van der Waals surface area contributed by atoms with Crippen molar-refractivity contribution in [1.82, 2.24) is 9.97 Å². The molecule has 2 aliphatic carbocycles. The second-order valence-electron chi connectivity index (χ2n) is 6.39. The lowest BCUT2D eigenvalue weighted by Crippen LogP contribution is -2.34. The van der Waals surface area contributed by atoms with Crippen LogP contribution >= 0.6 is 0 Å². The highest BCUT2D eigenvalue weighted by Gasteiger charge is 2.37. The average molecular weight is 289 g/mol. The van der Waals surface area contributed by atoms with Crippen molar-refractivity contribution < 1.29 is 4.74 Å². The van der Waals surface area contributed by atoms with Crippen molar-refractivity contribution in [3.8, 4) is 0 Å². The zero-order chi connectivity index (χ0) is 14.7. The molecule has 1 heterocycles. The van der Waals surface area contributed by atoms with E-state index in [0.29, 0.717) is 0 Å². The van der Waals surface area contributed by atoms with E-state index in [9.17, 15) is 0 Å². The number of nitrogens with zero attached hydrogens (tertiary/aromatic N) is 2. The molecule has 1 fully saturated rings. The van der Waals surface area contributed by atoms with E-state index in [1.165, 1.54) is 49.8 Å². The Morgan fingerprint density at radius 2 is 1.67 bits per heavy atom. The quantitative estimate of drug-likeness (QED) is 0.864. The zero-order valence-corrected chi connectivity index (χ0v) is 13.4. The molecule has 0 amide bonds. The smallest absolute Gasteiger partial charge is 0.162 e. The molecule has 4 heteroatoms. The molecule has 0 saturated heterocycles. The number of aryl methyl sites for hydroxylation is 1.